The lowest BCUT2D eigenvalue weighted by Crippen LogP contribution is -2.23. The number of ether oxygens (including phenoxy) is 1. The molecule has 0 unspecified atom stereocenters. The van der Waals surface area contributed by atoms with E-state index in [1.807, 2.05) is 12.1 Å². The number of alkyl halides is 3. The Morgan fingerprint density at radius 3 is 2.50 bits per heavy atom. The molecule has 26 heavy (non-hydrogen) atoms. The van der Waals surface area contributed by atoms with Crippen LogP contribution >= 0.6 is 0 Å². The summed E-state index contributed by atoms with van der Waals surface area (Å²) in [6.07, 6.45) is -0.746. The molecule has 0 saturated carbocycles. The molecule has 1 N–H and O–H groups in total. The number of hydrogen-bond acceptors (Lipinski definition) is 4. The van der Waals surface area contributed by atoms with E-state index in [0.717, 1.165) is 49.4 Å². The number of benzene rings is 1. The van der Waals surface area contributed by atoms with Gasteiger partial charge >= 0.3 is 6.36 Å². The smallest absolute Gasteiger partial charge is 0.406 e. The number of aromatic nitrogens is 1. The Morgan fingerprint density at radius 1 is 1.15 bits per heavy atom. The summed E-state index contributed by atoms with van der Waals surface area (Å²) in [4.78, 5) is 18.7. The van der Waals surface area contributed by atoms with Crippen LogP contribution in [0.5, 0.6) is 5.75 Å². The Kier molecular flexibility index (Phi) is 5.29. The van der Waals surface area contributed by atoms with Crippen molar-refractivity contribution >= 4 is 11.7 Å². The predicted molar refractivity (Wildman–Crippen MR) is 90.0 cm³/mol. The van der Waals surface area contributed by atoms with Crippen LogP contribution in [0.2, 0.25) is 0 Å². The van der Waals surface area contributed by atoms with Crippen LogP contribution in [0.3, 0.4) is 0 Å². The molecular formula is C18H18F3N3O2. The van der Waals surface area contributed by atoms with Gasteiger partial charge in [-0.3, -0.25) is 4.79 Å². The first kappa shape index (κ1) is 18.0. The van der Waals surface area contributed by atoms with Gasteiger partial charge in [0.25, 0.3) is 5.91 Å². The van der Waals surface area contributed by atoms with E-state index in [9.17, 15) is 18.0 Å². The molecule has 5 nitrogen and oxygen atoms in total. The van der Waals surface area contributed by atoms with Gasteiger partial charge in [-0.25, -0.2) is 4.98 Å². The minimum atomic E-state index is -4.75. The fourth-order valence-electron chi connectivity index (χ4n) is 2.78. The highest BCUT2D eigenvalue weighted by Crippen LogP contribution is 2.23. The van der Waals surface area contributed by atoms with Crippen molar-refractivity contribution in [3.8, 4) is 5.75 Å². The average molecular weight is 365 g/mol. The lowest BCUT2D eigenvalue weighted by Gasteiger charge is -2.17. The summed E-state index contributed by atoms with van der Waals surface area (Å²) in [6, 6.07) is 8.56. The Hall–Kier alpha value is -2.77. The van der Waals surface area contributed by atoms with E-state index in [4.69, 9.17) is 0 Å². The van der Waals surface area contributed by atoms with Gasteiger partial charge in [-0.2, -0.15) is 0 Å². The van der Waals surface area contributed by atoms with Crippen LogP contribution in [0.1, 0.15) is 28.8 Å². The highest BCUT2D eigenvalue weighted by molar-refractivity contribution is 5.94. The second kappa shape index (κ2) is 7.63. The number of carbonyl (C=O) groups is 1. The van der Waals surface area contributed by atoms with E-state index in [0.29, 0.717) is 6.54 Å². The number of rotatable bonds is 5. The molecule has 0 atom stereocenters. The van der Waals surface area contributed by atoms with Crippen molar-refractivity contribution in [1.29, 1.82) is 0 Å². The van der Waals surface area contributed by atoms with Crippen molar-refractivity contribution in [1.82, 2.24) is 10.3 Å². The van der Waals surface area contributed by atoms with Crippen LogP contribution in [0.4, 0.5) is 19.0 Å². The molecule has 3 rings (SSSR count). The molecule has 1 aromatic carbocycles. The molecule has 2 aromatic rings. The summed E-state index contributed by atoms with van der Waals surface area (Å²) >= 11 is 0. The zero-order chi connectivity index (χ0) is 18.6. The van der Waals surface area contributed by atoms with Gasteiger partial charge in [0.1, 0.15) is 11.6 Å². The molecule has 1 amide bonds. The van der Waals surface area contributed by atoms with Gasteiger partial charge in [-0.05, 0) is 54.8 Å². The van der Waals surface area contributed by atoms with Gasteiger partial charge in [-0.1, -0.05) is 0 Å². The summed E-state index contributed by atoms with van der Waals surface area (Å²) in [5.74, 6) is 0.157. The molecular weight excluding hydrogens is 347 g/mol. The third-order valence-electron chi connectivity index (χ3n) is 4.04. The van der Waals surface area contributed by atoms with Crippen LogP contribution in [0, 0.1) is 0 Å². The number of hydrogen-bond donors (Lipinski definition) is 1. The third kappa shape index (κ3) is 4.87. The van der Waals surface area contributed by atoms with Crippen molar-refractivity contribution in [2.45, 2.75) is 25.7 Å². The van der Waals surface area contributed by atoms with Crippen LogP contribution in [-0.4, -0.2) is 30.3 Å². The highest BCUT2D eigenvalue weighted by atomic mass is 19.4. The van der Waals surface area contributed by atoms with E-state index in [1.54, 1.807) is 6.20 Å². The first-order valence-corrected chi connectivity index (χ1v) is 8.25. The summed E-state index contributed by atoms with van der Waals surface area (Å²) in [5, 5.41) is 2.75. The number of pyridine rings is 1. The van der Waals surface area contributed by atoms with Gasteiger partial charge in [0.05, 0.1) is 0 Å². The minimum Gasteiger partial charge on any atom is -0.406 e. The Balaban J connectivity index is 1.57. The Bertz CT molecular complexity index is 757. The largest absolute Gasteiger partial charge is 0.573 e. The zero-order valence-corrected chi connectivity index (χ0v) is 13.9. The van der Waals surface area contributed by atoms with Gasteiger partial charge in [0.2, 0.25) is 0 Å². The average Bonchev–Trinajstić information content (AvgIpc) is 3.14. The highest BCUT2D eigenvalue weighted by Gasteiger charge is 2.31. The molecule has 138 valence electrons. The summed E-state index contributed by atoms with van der Waals surface area (Å²) in [5.41, 5.74) is 1.17. The molecule has 1 saturated heterocycles. The molecule has 8 heteroatoms. The first-order chi connectivity index (χ1) is 12.4. The van der Waals surface area contributed by atoms with E-state index in [1.165, 1.54) is 12.1 Å². The maximum Gasteiger partial charge on any atom is 0.573 e. The third-order valence-corrected chi connectivity index (χ3v) is 4.04. The number of amides is 1. The molecule has 0 spiro atoms. The maximum atomic E-state index is 12.2. The molecule has 1 aliphatic heterocycles. The summed E-state index contributed by atoms with van der Waals surface area (Å²) in [7, 11) is 0. The van der Waals surface area contributed by atoms with Gasteiger partial charge in [-0.15, -0.1) is 13.2 Å². The van der Waals surface area contributed by atoms with Crippen molar-refractivity contribution in [2.24, 2.45) is 0 Å². The van der Waals surface area contributed by atoms with Crippen LogP contribution < -0.4 is 15.0 Å². The van der Waals surface area contributed by atoms with Crippen LogP contribution in [-0.2, 0) is 6.54 Å². The van der Waals surface area contributed by atoms with Gasteiger partial charge in [0, 0.05) is 31.4 Å². The van der Waals surface area contributed by atoms with Gasteiger partial charge < -0.3 is 15.0 Å². The van der Waals surface area contributed by atoms with Crippen molar-refractivity contribution in [3.63, 3.8) is 0 Å². The topological polar surface area (TPSA) is 54.5 Å². The van der Waals surface area contributed by atoms with E-state index in [2.05, 4.69) is 19.9 Å². The summed E-state index contributed by atoms with van der Waals surface area (Å²) in [6.45, 7) is 2.27. The fraction of sp³-hybridized carbons (Fsp3) is 0.333. The number of nitrogens with zero attached hydrogens (tertiary/aromatic N) is 2. The lowest BCUT2D eigenvalue weighted by atomic mass is 10.2. The number of anilines is 1. The molecule has 0 radical (unpaired) electrons. The van der Waals surface area contributed by atoms with E-state index >= 15 is 0 Å². The molecule has 0 aliphatic carbocycles. The molecule has 1 fully saturated rings. The normalized spacial score (nSPS) is 14.3. The SMILES string of the molecule is O=C(NCc1ccnc(N2CCCC2)c1)c1ccc(OC(F)(F)F)cc1. The molecule has 1 aliphatic rings. The van der Waals surface area contributed by atoms with Crippen LogP contribution in [0.15, 0.2) is 42.6 Å². The van der Waals surface area contributed by atoms with E-state index in [-0.39, 0.29) is 17.2 Å². The van der Waals surface area contributed by atoms with Crippen molar-refractivity contribution in [2.75, 3.05) is 18.0 Å². The standard InChI is InChI=1S/C18H18F3N3O2/c19-18(20,21)26-15-5-3-14(4-6-15)17(25)23-12-13-7-8-22-16(11-13)24-9-1-2-10-24/h3-8,11H,1-2,9-10,12H2,(H,23,25). The second-order valence-corrected chi connectivity index (χ2v) is 5.97. The zero-order valence-electron chi connectivity index (χ0n) is 13.9. The van der Waals surface area contributed by atoms with E-state index < -0.39 is 6.36 Å². The van der Waals surface area contributed by atoms with Crippen molar-refractivity contribution < 1.29 is 22.7 Å². The Labute approximate surface area is 148 Å². The number of halogens is 3. The maximum absolute atomic E-state index is 12.2. The first-order valence-electron chi connectivity index (χ1n) is 8.25. The quantitative estimate of drug-likeness (QED) is 0.881. The predicted octanol–water partition coefficient (Wildman–Crippen LogP) is 3.51. The molecule has 2 heterocycles. The monoisotopic (exact) mass is 365 g/mol. The fourth-order valence-corrected chi connectivity index (χ4v) is 2.78. The minimum absolute atomic E-state index is 0.258. The Morgan fingerprint density at radius 2 is 1.85 bits per heavy atom. The number of nitrogens with one attached hydrogen (secondary N) is 1. The van der Waals surface area contributed by atoms with Crippen LogP contribution in [0.25, 0.3) is 0 Å². The van der Waals surface area contributed by atoms with Gasteiger partial charge in [0.15, 0.2) is 0 Å². The number of carbonyl (C=O) groups excluding carboxylic acids is 1. The lowest BCUT2D eigenvalue weighted by molar-refractivity contribution is -0.274. The summed E-state index contributed by atoms with van der Waals surface area (Å²) < 4.78 is 40.2. The molecule has 1 aromatic heterocycles. The second-order valence-electron chi connectivity index (χ2n) is 5.97. The van der Waals surface area contributed by atoms with Crippen molar-refractivity contribution in [3.05, 3.63) is 53.7 Å². The molecule has 0 bridgehead atoms.